The summed E-state index contributed by atoms with van der Waals surface area (Å²) in [5, 5.41) is 0. The highest BCUT2D eigenvalue weighted by Gasteiger charge is 1.89. The molecule has 0 aromatic carbocycles. The smallest absolute Gasteiger partial charge is 0.245 e. The van der Waals surface area contributed by atoms with Crippen LogP contribution in [0.4, 0.5) is 0 Å². The first-order valence-electron chi connectivity index (χ1n) is 2.30. The Balaban J connectivity index is 3.17. The van der Waals surface area contributed by atoms with Crippen molar-refractivity contribution in [3.05, 3.63) is 0 Å². The van der Waals surface area contributed by atoms with Gasteiger partial charge in [0.15, 0.2) is 0 Å². The second-order valence-corrected chi connectivity index (χ2v) is 1.30. The minimum atomic E-state index is -0.109. The Kier molecular flexibility index (Phi) is 3.19. The molecule has 0 spiro atoms. The number of nitrogens with zero attached hydrogens (tertiary/aromatic N) is 1. The van der Waals surface area contributed by atoms with Crippen molar-refractivity contribution in [1.29, 1.82) is 0 Å². The highest BCUT2D eigenvalue weighted by atomic mass is 16.1. The second kappa shape index (κ2) is 3.53. The summed E-state index contributed by atoms with van der Waals surface area (Å²) in [5.41, 5.74) is 0. The van der Waals surface area contributed by atoms with Crippen molar-refractivity contribution >= 4 is 12.6 Å². The van der Waals surface area contributed by atoms with Crippen LogP contribution in [-0.4, -0.2) is 12.6 Å². The zero-order chi connectivity index (χ0) is 5.70. The fraction of sp³-hybridized carbons (Fsp3) is 0.600. The van der Waals surface area contributed by atoms with Crippen LogP contribution in [0.5, 0.6) is 0 Å². The highest BCUT2D eigenvalue weighted by Crippen LogP contribution is 1.86. The summed E-state index contributed by atoms with van der Waals surface area (Å²) >= 11 is 0. The number of hydrogen-bond donors (Lipinski definition) is 0. The van der Waals surface area contributed by atoms with Crippen molar-refractivity contribution in [3.63, 3.8) is 0 Å². The molecule has 0 saturated heterocycles. The van der Waals surface area contributed by atoms with Gasteiger partial charge in [-0.15, -0.1) is 0 Å². The Morgan fingerprint density at radius 2 is 2.43 bits per heavy atom. The van der Waals surface area contributed by atoms with Crippen molar-refractivity contribution in [2.75, 3.05) is 0 Å². The third-order valence-corrected chi connectivity index (χ3v) is 0.640. The number of rotatable bonds is 2. The SMILES string of the molecule is C=NC(=O)CCC. The quantitative estimate of drug-likeness (QED) is 0.475. The molecule has 0 atom stereocenters. The van der Waals surface area contributed by atoms with Crippen LogP contribution < -0.4 is 0 Å². The average molecular weight is 99.1 g/mol. The number of hydrogen-bond acceptors (Lipinski definition) is 1. The first-order valence-corrected chi connectivity index (χ1v) is 2.30. The molecule has 7 heavy (non-hydrogen) atoms. The maximum atomic E-state index is 10.2. The van der Waals surface area contributed by atoms with Crippen LogP contribution in [0, 0.1) is 0 Å². The van der Waals surface area contributed by atoms with E-state index < -0.39 is 0 Å². The average Bonchev–Trinajstić information content (AvgIpc) is 1.68. The summed E-state index contributed by atoms with van der Waals surface area (Å²) in [7, 11) is 0. The Hall–Kier alpha value is -0.660. The molecule has 0 saturated carbocycles. The third kappa shape index (κ3) is 3.16. The fourth-order valence-electron chi connectivity index (χ4n) is 0.293. The largest absolute Gasteiger partial charge is 0.273 e. The van der Waals surface area contributed by atoms with E-state index in [1.54, 1.807) is 0 Å². The molecule has 0 aromatic heterocycles. The fourth-order valence-corrected chi connectivity index (χ4v) is 0.293. The zero-order valence-electron chi connectivity index (χ0n) is 4.48. The van der Waals surface area contributed by atoms with E-state index in [0.717, 1.165) is 6.42 Å². The van der Waals surface area contributed by atoms with Gasteiger partial charge in [-0.3, -0.25) is 4.79 Å². The lowest BCUT2D eigenvalue weighted by Gasteiger charge is -1.82. The van der Waals surface area contributed by atoms with E-state index in [2.05, 4.69) is 11.7 Å². The van der Waals surface area contributed by atoms with Gasteiger partial charge in [-0.2, -0.15) is 0 Å². The van der Waals surface area contributed by atoms with Gasteiger partial charge in [-0.05, 0) is 13.1 Å². The van der Waals surface area contributed by atoms with Crippen LogP contribution in [0.25, 0.3) is 0 Å². The Bertz CT molecular complexity index is 78.1. The molecule has 0 radical (unpaired) electrons. The van der Waals surface area contributed by atoms with Gasteiger partial charge in [-0.25, -0.2) is 4.99 Å². The normalized spacial score (nSPS) is 8.14. The predicted octanol–water partition coefficient (Wildman–Crippen LogP) is 1.01. The minimum Gasteiger partial charge on any atom is -0.273 e. The van der Waals surface area contributed by atoms with Crippen molar-refractivity contribution in [2.45, 2.75) is 19.8 Å². The van der Waals surface area contributed by atoms with Crippen molar-refractivity contribution < 1.29 is 4.79 Å². The van der Waals surface area contributed by atoms with Crippen LogP contribution in [0.1, 0.15) is 19.8 Å². The minimum absolute atomic E-state index is 0.109. The molecule has 0 aliphatic heterocycles. The molecule has 0 heterocycles. The van der Waals surface area contributed by atoms with E-state index in [1.807, 2.05) is 6.92 Å². The lowest BCUT2D eigenvalue weighted by atomic mass is 10.3. The number of carbonyl (C=O) groups is 1. The highest BCUT2D eigenvalue weighted by molar-refractivity contribution is 5.80. The van der Waals surface area contributed by atoms with E-state index >= 15 is 0 Å². The van der Waals surface area contributed by atoms with Gasteiger partial charge < -0.3 is 0 Å². The van der Waals surface area contributed by atoms with Gasteiger partial charge in [0.1, 0.15) is 0 Å². The molecule has 0 aliphatic rings. The van der Waals surface area contributed by atoms with Crippen LogP contribution >= 0.6 is 0 Å². The molecule has 0 rings (SSSR count). The predicted molar refractivity (Wildman–Crippen MR) is 29.5 cm³/mol. The van der Waals surface area contributed by atoms with Crippen LogP contribution in [0.3, 0.4) is 0 Å². The third-order valence-electron chi connectivity index (χ3n) is 0.640. The molecule has 0 unspecified atom stereocenters. The van der Waals surface area contributed by atoms with E-state index in [-0.39, 0.29) is 5.91 Å². The lowest BCUT2D eigenvalue weighted by Crippen LogP contribution is -1.87. The van der Waals surface area contributed by atoms with E-state index in [1.165, 1.54) is 0 Å². The summed E-state index contributed by atoms with van der Waals surface area (Å²) in [4.78, 5) is 13.4. The van der Waals surface area contributed by atoms with Crippen molar-refractivity contribution in [3.8, 4) is 0 Å². The molecule has 0 N–H and O–H groups in total. The first kappa shape index (κ1) is 6.34. The Morgan fingerprint density at radius 1 is 1.86 bits per heavy atom. The lowest BCUT2D eigenvalue weighted by molar-refractivity contribution is -0.117. The van der Waals surface area contributed by atoms with Crippen molar-refractivity contribution in [2.24, 2.45) is 4.99 Å². The van der Waals surface area contributed by atoms with Gasteiger partial charge in [0, 0.05) is 6.42 Å². The molecule has 2 nitrogen and oxygen atoms in total. The molecule has 1 amide bonds. The van der Waals surface area contributed by atoms with Gasteiger partial charge in [-0.1, -0.05) is 6.92 Å². The Morgan fingerprint density at radius 3 is 2.57 bits per heavy atom. The van der Waals surface area contributed by atoms with Crippen molar-refractivity contribution in [1.82, 2.24) is 0 Å². The topological polar surface area (TPSA) is 29.4 Å². The van der Waals surface area contributed by atoms with Crippen LogP contribution in [-0.2, 0) is 4.79 Å². The number of aliphatic imine (C=N–C) groups is 1. The molecule has 2 heteroatoms. The van der Waals surface area contributed by atoms with Gasteiger partial charge in [0.25, 0.3) is 0 Å². The summed E-state index contributed by atoms with van der Waals surface area (Å²) in [6.07, 6.45) is 1.39. The summed E-state index contributed by atoms with van der Waals surface area (Å²) in [6.45, 7) is 5.01. The summed E-state index contributed by atoms with van der Waals surface area (Å²) < 4.78 is 0. The molecular formula is C5H9NO. The van der Waals surface area contributed by atoms with E-state index in [4.69, 9.17) is 0 Å². The molecule has 0 aromatic rings. The second-order valence-electron chi connectivity index (χ2n) is 1.30. The van der Waals surface area contributed by atoms with Crippen LogP contribution in [0.2, 0.25) is 0 Å². The molecule has 40 valence electrons. The molecular weight excluding hydrogens is 90.1 g/mol. The monoisotopic (exact) mass is 99.1 g/mol. The van der Waals surface area contributed by atoms with E-state index in [0.29, 0.717) is 6.42 Å². The molecule has 0 bridgehead atoms. The van der Waals surface area contributed by atoms with Crippen LogP contribution in [0.15, 0.2) is 4.99 Å². The molecule has 0 fully saturated rings. The number of amides is 1. The zero-order valence-corrected chi connectivity index (χ0v) is 4.48. The van der Waals surface area contributed by atoms with Gasteiger partial charge >= 0.3 is 0 Å². The van der Waals surface area contributed by atoms with Gasteiger partial charge in [0.05, 0.1) is 0 Å². The standard InChI is InChI=1S/C5H9NO/c1-3-4-5(7)6-2/h2-4H2,1H3. The first-order chi connectivity index (χ1) is 3.31. The maximum Gasteiger partial charge on any atom is 0.245 e. The maximum absolute atomic E-state index is 10.2. The van der Waals surface area contributed by atoms with E-state index in [9.17, 15) is 4.79 Å². The van der Waals surface area contributed by atoms with Gasteiger partial charge in [0.2, 0.25) is 5.91 Å². The summed E-state index contributed by atoms with van der Waals surface area (Å²) in [5.74, 6) is -0.109. The molecule has 0 aliphatic carbocycles. The summed E-state index contributed by atoms with van der Waals surface area (Å²) in [6, 6.07) is 0. The Labute approximate surface area is 43.3 Å². The number of carbonyl (C=O) groups excluding carboxylic acids is 1.